The van der Waals surface area contributed by atoms with Gasteiger partial charge in [0, 0.05) is 37.4 Å². The van der Waals surface area contributed by atoms with Gasteiger partial charge in [0.05, 0.1) is 5.41 Å². The standard InChI is InChI=1S/C28H35N3O2/c1-21(2)30-27(33)28(14-18-31(19-15-28)26(32)23-8-4-3-5-9-23)20-24-10-6-7-11-25(24)22-12-16-29-17-13-22/h3-4,6-7,10-13,16-17,21,23H,5,8-9,14-15,18-20H2,1-2H3,(H,30,33)/t23-/m1/s1. The van der Waals surface area contributed by atoms with Gasteiger partial charge in [0.25, 0.3) is 0 Å². The average molecular weight is 446 g/mol. The first-order chi connectivity index (χ1) is 16.0. The van der Waals surface area contributed by atoms with E-state index in [0.29, 0.717) is 32.4 Å². The normalized spacial score (nSPS) is 20.0. The summed E-state index contributed by atoms with van der Waals surface area (Å²) >= 11 is 0. The van der Waals surface area contributed by atoms with Gasteiger partial charge in [0.2, 0.25) is 11.8 Å². The third-order valence-corrected chi connectivity index (χ3v) is 7.09. The monoisotopic (exact) mass is 445 g/mol. The van der Waals surface area contributed by atoms with Crippen LogP contribution in [0.5, 0.6) is 0 Å². The smallest absolute Gasteiger partial charge is 0.226 e. The number of carbonyl (C=O) groups excluding carboxylic acids is 2. The van der Waals surface area contributed by atoms with Gasteiger partial charge < -0.3 is 10.2 Å². The molecule has 174 valence electrons. The Bertz CT molecular complexity index is 991. The van der Waals surface area contributed by atoms with Crippen LogP contribution in [0.1, 0.15) is 51.5 Å². The summed E-state index contributed by atoms with van der Waals surface area (Å²) in [7, 11) is 0. The second kappa shape index (κ2) is 10.3. The van der Waals surface area contributed by atoms with Crippen LogP contribution in [0.2, 0.25) is 0 Å². The van der Waals surface area contributed by atoms with Crippen molar-refractivity contribution in [2.75, 3.05) is 13.1 Å². The molecule has 1 aromatic carbocycles. The van der Waals surface area contributed by atoms with Crippen LogP contribution in [-0.2, 0) is 16.0 Å². The van der Waals surface area contributed by atoms with Gasteiger partial charge in [-0.25, -0.2) is 0 Å². The lowest BCUT2D eigenvalue weighted by Crippen LogP contribution is -2.53. The number of nitrogens with zero attached hydrogens (tertiary/aromatic N) is 2. The molecule has 0 bridgehead atoms. The van der Waals surface area contributed by atoms with Gasteiger partial charge in [0.15, 0.2) is 0 Å². The van der Waals surface area contributed by atoms with Crippen LogP contribution in [0.3, 0.4) is 0 Å². The van der Waals surface area contributed by atoms with Gasteiger partial charge >= 0.3 is 0 Å². The highest BCUT2D eigenvalue weighted by molar-refractivity contribution is 5.85. The maximum Gasteiger partial charge on any atom is 0.226 e. The molecule has 2 heterocycles. The summed E-state index contributed by atoms with van der Waals surface area (Å²) in [5, 5.41) is 3.18. The number of allylic oxidation sites excluding steroid dienone is 2. The Labute approximate surface area is 197 Å². The number of likely N-dealkylation sites (tertiary alicyclic amines) is 1. The molecular weight excluding hydrogens is 410 g/mol. The zero-order valence-electron chi connectivity index (χ0n) is 19.8. The minimum atomic E-state index is -0.517. The first-order valence-corrected chi connectivity index (χ1v) is 12.2. The van der Waals surface area contributed by atoms with E-state index in [1.54, 1.807) is 12.4 Å². The van der Waals surface area contributed by atoms with E-state index in [2.05, 4.69) is 34.6 Å². The summed E-state index contributed by atoms with van der Waals surface area (Å²) in [5.41, 5.74) is 2.90. The molecule has 0 unspecified atom stereocenters. The maximum absolute atomic E-state index is 13.5. The molecule has 33 heavy (non-hydrogen) atoms. The Morgan fingerprint density at radius 3 is 2.48 bits per heavy atom. The number of rotatable bonds is 6. The number of carbonyl (C=O) groups is 2. The lowest BCUT2D eigenvalue weighted by atomic mass is 9.71. The van der Waals surface area contributed by atoms with Crippen LogP contribution >= 0.6 is 0 Å². The number of hydrogen-bond acceptors (Lipinski definition) is 3. The molecule has 0 saturated carbocycles. The largest absolute Gasteiger partial charge is 0.353 e. The van der Waals surface area contributed by atoms with Gasteiger partial charge in [-0.2, -0.15) is 0 Å². The molecule has 0 radical (unpaired) electrons. The summed E-state index contributed by atoms with van der Waals surface area (Å²) in [6.07, 6.45) is 12.7. The summed E-state index contributed by atoms with van der Waals surface area (Å²) < 4.78 is 0. The number of hydrogen-bond donors (Lipinski definition) is 1. The summed E-state index contributed by atoms with van der Waals surface area (Å²) in [6, 6.07) is 12.4. The van der Waals surface area contributed by atoms with Gasteiger partial charge in [-0.3, -0.25) is 14.6 Å². The van der Waals surface area contributed by atoms with Crippen molar-refractivity contribution in [3.8, 4) is 11.1 Å². The van der Waals surface area contributed by atoms with Crippen LogP contribution in [0.15, 0.2) is 60.9 Å². The molecule has 1 N–H and O–H groups in total. The number of aromatic nitrogens is 1. The predicted molar refractivity (Wildman–Crippen MR) is 131 cm³/mol. The Kier molecular flexibility index (Phi) is 7.26. The van der Waals surface area contributed by atoms with Gasteiger partial charge in [0.1, 0.15) is 0 Å². The molecule has 1 aliphatic carbocycles. The fourth-order valence-electron chi connectivity index (χ4n) is 5.18. The van der Waals surface area contributed by atoms with E-state index in [1.807, 2.05) is 43.0 Å². The minimum absolute atomic E-state index is 0.0819. The van der Waals surface area contributed by atoms with Crippen molar-refractivity contribution in [1.29, 1.82) is 0 Å². The van der Waals surface area contributed by atoms with E-state index in [1.165, 1.54) is 5.56 Å². The highest BCUT2D eigenvalue weighted by Crippen LogP contribution is 2.39. The maximum atomic E-state index is 13.5. The van der Waals surface area contributed by atoms with Gasteiger partial charge in [-0.15, -0.1) is 0 Å². The number of amides is 2. The SMILES string of the molecule is CC(C)NC(=O)C1(Cc2ccccc2-c2ccncc2)CCN(C(=O)[C@@H]2CC=CCC2)CC1. The topological polar surface area (TPSA) is 62.3 Å². The van der Waals surface area contributed by atoms with E-state index in [0.717, 1.165) is 30.4 Å². The second-order valence-electron chi connectivity index (χ2n) is 9.78. The third-order valence-electron chi connectivity index (χ3n) is 7.09. The van der Waals surface area contributed by atoms with E-state index in [-0.39, 0.29) is 23.8 Å². The van der Waals surface area contributed by atoms with E-state index < -0.39 is 5.41 Å². The zero-order chi connectivity index (χ0) is 23.3. The Hall–Kier alpha value is -2.95. The van der Waals surface area contributed by atoms with Crippen molar-refractivity contribution in [3.05, 3.63) is 66.5 Å². The molecular formula is C28H35N3O2. The fraction of sp³-hybridized carbons (Fsp3) is 0.464. The van der Waals surface area contributed by atoms with E-state index in [9.17, 15) is 9.59 Å². The fourth-order valence-corrected chi connectivity index (χ4v) is 5.18. The van der Waals surface area contributed by atoms with Gasteiger partial charge in [-0.05, 0) is 81.2 Å². The first kappa shape index (κ1) is 23.2. The summed E-state index contributed by atoms with van der Waals surface area (Å²) in [4.78, 5) is 32.8. The molecule has 1 aliphatic heterocycles. The zero-order valence-corrected chi connectivity index (χ0v) is 19.8. The first-order valence-electron chi connectivity index (χ1n) is 12.2. The van der Waals surface area contributed by atoms with Crippen LogP contribution in [-0.4, -0.2) is 40.8 Å². The molecule has 1 atom stereocenters. The Morgan fingerprint density at radius 1 is 1.09 bits per heavy atom. The molecule has 1 fully saturated rings. The molecule has 5 heteroatoms. The molecule has 5 nitrogen and oxygen atoms in total. The molecule has 0 spiro atoms. The summed E-state index contributed by atoms with van der Waals surface area (Å²) in [5.74, 6) is 0.462. The van der Waals surface area contributed by atoms with Crippen molar-refractivity contribution in [3.63, 3.8) is 0 Å². The van der Waals surface area contributed by atoms with Crippen molar-refractivity contribution >= 4 is 11.8 Å². The van der Waals surface area contributed by atoms with Crippen LogP contribution < -0.4 is 5.32 Å². The van der Waals surface area contributed by atoms with E-state index in [4.69, 9.17) is 0 Å². The predicted octanol–water partition coefficient (Wildman–Crippen LogP) is 4.78. The van der Waals surface area contributed by atoms with Crippen LogP contribution in [0.25, 0.3) is 11.1 Å². The quantitative estimate of drug-likeness (QED) is 0.651. The van der Waals surface area contributed by atoms with Gasteiger partial charge in [-0.1, -0.05) is 36.4 Å². The molecule has 1 aromatic heterocycles. The number of pyridine rings is 1. The molecule has 1 saturated heterocycles. The van der Waals surface area contributed by atoms with Crippen molar-refractivity contribution < 1.29 is 9.59 Å². The van der Waals surface area contributed by atoms with E-state index >= 15 is 0 Å². The number of benzene rings is 1. The Morgan fingerprint density at radius 2 is 1.82 bits per heavy atom. The minimum Gasteiger partial charge on any atom is -0.353 e. The lowest BCUT2D eigenvalue weighted by molar-refractivity contribution is -0.143. The highest BCUT2D eigenvalue weighted by Gasteiger charge is 2.43. The molecule has 4 rings (SSSR count). The number of piperidine rings is 1. The molecule has 2 amide bonds. The Balaban J connectivity index is 1.57. The third kappa shape index (κ3) is 5.35. The van der Waals surface area contributed by atoms with Crippen LogP contribution in [0, 0.1) is 11.3 Å². The average Bonchev–Trinajstić information content (AvgIpc) is 2.85. The molecule has 2 aliphatic rings. The second-order valence-corrected chi connectivity index (χ2v) is 9.78. The highest BCUT2D eigenvalue weighted by atomic mass is 16.2. The van der Waals surface area contributed by atoms with Crippen molar-refractivity contribution in [2.45, 2.75) is 58.4 Å². The van der Waals surface area contributed by atoms with Crippen LogP contribution in [0.4, 0.5) is 0 Å². The lowest BCUT2D eigenvalue weighted by Gasteiger charge is -2.42. The number of nitrogens with one attached hydrogen (secondary N) is 1. The molecule has 2 aromatic rings. The van der Waals surface area contributed by atoms with Crippen molar-refractivity contribution in [2.24, 2.45) is 11.3 Å². The van der Waals surface area contributed by atoms with Crippen molar-refractivity contribution in [1.82, 2.24) is 15.2 Å². The summed E-state index contributed by atoms with van der Waals surface area (Å²) in [6.45, 7) is 5.29.